The van der Waals surface area contributed by atoms with Crippen molar-refractivity contribution in [2.24, 2.45) is 5.92 Å². The van der Waals surface area contributed by atoms with Crippen molar-refractivity contribution >= 4 is 40.6 Å². The van der Waals surface area contributed by atoms with Crippen LogP contribution in [0.15, 0.2) is 39.7 Å². The minimum Gasteiger partial charge on any atom is -0.348 e. The lowest BCUT2D eigenvalue weighted by atomic mass is 9.84. The van der Waals surface area contributed by atoms with Crippen molar-refractivity contribution in [3.05, 3.63) is 40.4 Å². The van der Waals surface area contributed by atoms with Crippen LogP contribution in [0.1, 0.15) is 23.2 Å². The van der Waals surface area contributed by atoms with Gasteiger partial charge in [0, 0.05) is 23.0 Å². The first kappa shape index (κ1) is 16.4. The van der Waals surface area contributed by atoms with Crippen molar-refractivity contribution in [1.29, 1.82) is 0 Å². The fourth-order valence-electron chi connectivity index (χ4n) is 3.44. The Balaban J connectivity index is 1.38. The number of piperidine rings is 3. The molecule has 3 saturated heterocycles. The van der Waals surface area contributed by atoms with Crippen molar-refractivity contribution in [2.75, 3.05) is 19.6 Å². The molecule has 4 heterocycles. The van der Waals surface area contributed by atoms with Gasteiger partial charge in [-0.3, -0.25) is 4.79 Å². The molecule has 1 unspecified atom stereocenters. The lowest BCUT2D eigenvalue weighted by Crippen LogP contribution is -2.57. The summed E-state index contributed by atoms with van der Waals surface area (Å²) in [5, 5.41) is 3.22. The molecular weight excluding hydrogens is 362 g/mol. The first-order valence-corrected chi connectivity index (χ1v) is 10.1. The number of carbonyl (C=O) groups is 1. The number of thiazole rings is 1. The van der Waals surface area contributed by atoms with E-state index in [0.717, 1.165) is 15.8 Å². The summed E-state index contributed by atoms with van der Waals surface area (Å²) in [5.74, 6) is 0.672. The zero-order valence-electron chi connectivity index (χ0n) is 13.1. The molecular formula is C17H18ClN3OS2. The van der Waals surface area contributed by atoms with Gasteiger partial charge in [0.25, 0.3) is 5.91 Å². The molecule has 3 aliphatic rings. The van der Waals surface area contributed by atoms with Gasteiger partial charge in [-0.05, 0) is 56.1 Å². The molecule has 0 spiro atoms. The summed E-state index contributed by atoms with van der Waals surface area (Å²) in [5.41, 5.74) is 0.716. The third-order valence-corrected chi connectivity index (χ3v) is 6.95. The standard InChI is InChI=1S/C17H18ClN3OS2/c18-15-9-19-17(24-15)23-13-3-1-12(2-4-13)16(22)20-14-10-21-7-5-11(14)6-8-21/h1-4,9,11,14H,5-8,10H2,(H,20,22). The number of hydrogen-bond donors (Lipinski definition) is 1. The van der Waals surface area contributed by atoms with Crippen LogP contribution in [0.5, 0.6) is 0 Å². The fourth-order valence-corrected chi connectivity index (χ4v) is 5.53. The highest BCUT2D eigenvalue weighted by molar-refractivity contribution is 8.01. The van der Waals surface area contributed by atoms with Crippen LogP contribution in [0.3, 0.4) is 0 Å². The van der Waals surface area contributed by atoms with Crippen LogP contribution in [0, 0.1) is 5.92 Å². The summed E-state index contributed by atoms with van der Waals surface area (Å²) in [6.45, 7) is 3.36. The second kappa shape index (κ2) is 7.04. The average Bonchev–Trinajstić information content (AvgIpc) is 3.01. The van der Waals surface area contributed by atoms with Crippen molar-refractivity contribution in [3.8, 4) is 0 Å². The van der Waals surface area contributed by atoms with E-state index in [1.54, 1.807) is 18.0 Å². The molecule has 0 saturated carbocycles. The first-order chi connectivity index (χ1) is 11.7. The molecule has 126 valence electrons. The topological polar surface area (TPSA) is 45.2 Å². The van der Waals surface area contributed by atoms with Crippen molar-refractivity contribution in [2.45, 2.75) is 28.1 Å². The normalized spacial score (nSPS) is 25.6. The van der Waals surface area contributed by atoms with Crippen LogP contribution in [0.4, 0.5) is 0 Å². The zero-order valence-corrected chi connectivity index (χ0v) is 15.5. The molecule has 5 rings (SSSR count). The lowest BCUT2D eigenvalue weighted by Gasteiger charge is -2.44. The number of nitrogens with zero attached hydrogens (tertiary/aromatic N) is 2. The fraction of sp³-hybridized carbons (Fsp3) is 0.412. The molecule has 3 aliphatic heterocycles. The summed E-state index contributed by atoms with van der Waals surface area (Å²) in [4.78, 5) is 20.2. The molecule has 1 aromatic heterocycles. The summed E-state index contributed by atoms with van der Waals surface area (Å²) >= 11 is 8.91. The number of hydrogen-bond acceptors (Lipinski definition) is 5. The van der Waals surface area contributed by atoms with E-state index in [1.165, 1.54) is 37.3 Å². The van der Waals surface area contributed by atoms with Gasteiger partial charge in [0.1, 0.15) is 4.34 Å². The summed E-state index contributed by atoms with van der Waals surface area (Å²) in [6.07, 6.45) is 4.07. The van der Waals surface area contributed by atoms with Gasteiger partial charge in [-0.25, -0.2) is 4.98 Å². The maximum atomic E-state index is 12.5. The van der Waals surface area contributed by atoms with Crippen LogP contribution in [0.25, 0.3) is 0 Å². The largest absolute Gasteiger partial charge is 0.348 e. The van der Waals surface area contributed by atoms with Crippen molar-refractivity contribution in [3.63, 3.8) is 0 Å². The van der Waals surface area contributed by atoms with E-state index in [-0.39, 0.29) is 5.91 Å². The van der Waals surface area contributed by atoms with Crippen LogP contribution in [0.2, 0.25) is 4.34 Å². The molecule has 24 heavy (non-hydrogen) atoms. The zero-order chi connectivity index (χ0) is 16.5. The summed E-state index contributed by atoms with van der Waals surface area (Å²) in [7, 11) is 0. The highest BCUT2D eigenvalue weighted by Gasteiger charge is 2.34. The van der Waals surface area contributed by atoms with E-state index in [0.29, 0.717) is 21.9 Å². The molecule has 1 aromatic carbocycles. The van der Waals surface area contributed by atoms with Gasteiger partial charge in [-0.1, -0.05) is 34.7 Å². The van der Waals surface area contributed by atoms with Crippen LogP contribution < -0.4 is 5.32 Å². The Morgan fingerprint density at radius 2 is 2.04 bits per heavy atom. The minimum absolute atomic E-state index is 0.0302. The number of rotatable bonds is 4. The quantitative estimate of drug-likeness (QED) is 0.878. The first-order valence-electron chi connectivity index (χ1n) is 8.10. The Kier molecular flexibility index (Phi) is 4.81. The average molecular weight is 380 g/mol. The monoisotopic (exact) mass is 379 g/mol. The van der Waals surface area contributed by atoms with Gasteiger partial charge < -0.3 is 10.2 Å². The maximum Gasteiger partial charge on any atom is 0.251 e. The van der Waals surface area contributed by atoms with Gasteiger partial charge in [0.05, 0.1) is 6.20 Å². The molecule has 1 N–H and O–H groups in total. The third kappa shape index (κ3) is 3.61. The SMILES string of the molecule is O=C(NC1CN2CCC1CC2)c1ccc(Sc2ncc(Cl)s2)cc1. The van der Waals surface area contributed by atoms with E-state index in [4.69, 9.17) is 11.6 Å². The molecule has 7 heteroatoms. The predicted molar refractivity (Wildman–Crippen MR) is 98.1 cm³/mol. The van der Waals surface area contributed by atoms with Gasteiger partial charge in [0.15, 0.2) is 4.34 Å². The van der Waals surface area contributed by atoms with Crippen LogP contribution in [-0.2, 0) is 0 Å². The lowest BCUT2D eigenvalue weighted by molar-refractivity contribution is 0.0620. The Bertz CT molecular complexity index is 726. The molecule has 2 bridgehead atoms. The number of amides is 1. The minimum atomic E-state index is 0.0302. The van der Waals surface area contributed by atoms with E-state index in [2.05, 4.69) is 15.2 Å². The Hall–Kier alpha value is -1.08. The molecule has 2 aromatic rings. The number of fused-ring (bicyclic) bond motifs is 3. The molecule has 1 amide bonds. The second-order valence-corrected chi connectivity index (χ2v) is 9.26. The molecule has 3 fully saturated rings. The number of carbonyl (C=O) groups excluding carboxylic acids is 1. The smallest absolute Gasteiger partial charge is 0.251 e. The van der Waals surface area contributed by atoms with Crippen molar-refractivity contribution in [1.82, 2.24) is 15.2 Å². The van der Waals surface area contributed by atoms with Gasteiger partial charge in [-0.15, -0.1) is 0 Å². The number of nitrogens with one attached hydrogen (secondary N) is 1. The molecule has 0 radical (unpaired) electrons. The number of benzene rings is 1. The van der Waals surface area contributed by atoms with E-state index in [1.807, 2.05) is 24.3 Å². The van der Waals surface area contributed by atoms with Crippen LogP contribution in [-0.4, -0.2) is 41.5 Å². The predicted octanol–water partition coefficient (Wildman–Crippen LogP) is 3.77. The molecule has 0 aliphatic carbocycles. The van der Waals surface area contributed by atoms with E-state index >= 15 is 0 Å². The highest BCUT2D eigenvalue weighted by atomic mass is 35.5. The molecule has 4 nitrogen and oxygen atoms in total. The summed E-state index contributed by atoms with van der Waals surface area (Å²) in [6, 6.07) is 7.99. The second-order valence-electron chi connectivity index (χ2n) is 6.27. The number of aromatic nitrogens is 1. The van der Waals surface area contributed by atoms with Gasteiger partial charge in [-0.2, -0.15) is 0 Å². The number of halogens is 1. The van der Waals surface area contributed by atoms with E-state index in [9.17, 15) is 4.79 Å². The Morgan fingerprint density at radius 1 is 1.29 bits per heavy atom. The molecule has 1 atom stereocenters. The highest BCUT2D eigenvalue weighted by Crippen LogP contribution is 2.33. The van der Waals surface area contributed by atoms with E-state index < -0.39 is 0 Å². The third-order valence-electron chi connectivity index (χ3n) is 4.75. The Labute approximate surface area is 154 Å². The van der Waals surface area contributed by atoms with Crippen LogP contribution >= 0.6 is 34.7 Å². The van der Waals surface area contributed by atoms with Gasteiger partial charge >= 0.3 is 0 Å². The van der Waals surface area contributed by atoms with Crippen molar-refractivity contribution < 1.29 is 4.79 Å². The maximum absolute atomic E-state index is 12.5. The summed E-state index contributed by atoms with van der Waals surface area (Å²) < 4.78 is 1.59. The van der Waals surface area contributed by atoms with Gasteiger partial charge in [0.2, 0.25) is 0 Å². The Morgan fingerprint density at radius 3 is 2.62 bits per heavy atom.